The second-order valence-corrected chi connectivity index (χ2v) is 7.19. The molecular weight excluding hydrogens is 346 g/mol. The summed E-state index contributed by atoms with van der Waals surface area (Å²) in [7, 11) is 0. The Morgan fingerprint density at radius 3 is 2.50 bits per heavy atom. The van der Waals surface area contributed by atoms with Crippen molar-refractivity contribution in [2.75, 3.05) is 5.32 Å². The normalized spacial score (nSPS) is 15.7. The number of pyridine rings is 1. The molecule has 2 aromatic carbocycles. The van der Waals surface area contributed by atoms with Crippen molar-refractivity contribution < 1.29 is 4.79 Å². The Hall–Kier alpha value is -2.59. The van der Waals surface area contributed by atoms with E-state index in [1.54, 1.807) is 0 Å². The molecule has 1 saturated carbocycles. The van der Waals surface area contributed by atoms with Gasteiger partial charge < -0.3 is 10.6 Å². The van der Waals surface area contributed by atoms with Gasteiger partial charge in [0.25, 0.3) is 0 Å². The van der Waals surface area contributed by atoms with Crippen LogP contribution in [0, 0.1) is 0 Å². The Bertz CT molecular complexity index is 934. The number of hydrogen-bond donors (Lipinski definition) is 2. The largest absolute Gasteiger partial charge is 0.349 e. The molecule has 1 aliphatic rings. The minimum atomic E-state index is -0.319. The number of rotatable bonds is 5. The third kappa shape index (κ3) is 3.13. The van der Waals surface area contributed by atoms with Crippen LogP contribution in [0.1, 0.15) is 31.2 Å². The number of aromatic nitrogens is 1. The number of amides is 1. The highest BCUT2D eigenvalue weighted by Gasteiger charge is 2.36. The van der Waals surface area contributed by atoms with E-state index in [0.717, 1.165) is 60.1 Å². The van der Waals surface area contributed by atoms with E-state index in [1.807, 2.05) is 42.5 Å². The average molecular weight is 366 g/mol. The summed E-state index contributed by atoms with van der Waals surface area (Å²) in [6.07, 6.45) is 4.93. The number of carbonyl (C=O) groups is 1. The zero-order chi connectivity index (χ0) is 18.0. The summed E-state index contributed by atoms with van der Waals surface area (Å²) < 4.78 is 0. The summed E-state index contributed by atoms with van der Waals surface area (Å²) in [5.41, 5.74) is 2.65. The Balaban J connectivity index is 1.83. The van der Waals surface area contributed by atoms with Crippen molar-refractivity contribution >= 4 is 40.4 Å². The van der Waals surface area contributed by atoms with Gasteiger partial charge in [0.2, 0.25) is 6.41 Å². The van der Waals surface area contributed by atoms with Gasteiger partial charge >= 0.3 is 0 Å². The van der Waals surface area contributed by atoms with E-state index in [-0.39, 0.29) is 5.54 Å². The predicted octanol–water partition coefficient (Wildman–Crippen LogP) is 5.15. The maximum absolute atomic E-state index is 11.3. The quantitative estimate of drug-likeness (QED) is 0.615. The van der Waals surface area contributed by atoms with Gasteiger partial charge in [-0.3, -0.25) is 4.79 Å². The van der Waals surface area contributed by atoms with Gasteiger partial charge in [0, 0.05) is 16.1 Å². The first-order valence-corrected chi connectivity index (χ1v) is 9.22. The molecule has 2 N–H and O–H groups in total. The molecule has 1 aliphatic carbocycles. The van der Waals surface area contributed by atoms with Gasteiger partial charge in [-0.2, -0.15) is 0 Å². The summed E-state index contributed by atoms with van der Waals surface area (Å²) in [5, 5.41) is 8.26. The van der Waals surface area contributed by atoms with Crippen molar-refractivity contribution in [3.05, 3.63) is 65.2 Å². The van der Waals surface area contributed by atoms with E-state index in [2.05, 4.69) is 22.8 Å². The third-order valence-electron chi connectivity index (χ3n) is 5.14. The molecule has 0 saturated heterocycles. The molecule has 0 atom stereocenters. The lowest BCUT2D eigenvalue weighted by Crippen LogP contribution is -2.39. The SMILES string of the molecule is O=CNC1(c2cc(Nc3ccc(Cl)cc3)nc3ccccc23)CCCC1. The summed E-state index contributed by atoms with van der Waals surface area (Å²) in [5.74, 6) is 0.764. The first-order chi connectivity index (χ1) is 12.7. The molecule has 4 rings (SSSR count). The highest BCUT2D eigenvalue weighted by atomic mass is 35.5. The zero-order valence-corrected chi connectivity index (χ0v) is 15.1. The number of carbonyl (C=O) groups excluding carboxylic acids is 1. The summed E-state index contributed by atoms with van der Waals surface area (Å²) in [6.45, 7) is 0. The molecule has 1 amide bonds. The molecule has 0 aliphatic heterocycles. The first-order valence-electron chi connectivity index (χ1n) is 8.84. The predicted molar refractivity (Wildman–Crippen MR) is 106 cm³/mol. The molecule has 5 heteroatoms. The van der Waals surface area contributed by atoms with E-state index < -0.39 is 0 Å². The van der Waals surface area contributed by atoms with Gasteiger partial charge in [-0.25, -0.2) is 4.98 Å². The van der Waals surface area contributed by atoms with Crippen LogP contribution >= 0.6 is 11.6 Å². The van der Waals surface area contributed by atoms with Crippen LogP contribution in [0.4, 0.5) is 11.5 Å². The van der Waals surface area contributed by atoms with Gasteiger partial charge in [0.15, 0.2) is 0 Å². The average Bonchev–Trinajstić information content (AvgIpc) is 3.13. The number of anilines is 2. The fourth-order valence-corrected chi connectivity index (χ4v) is 4.03. The smallest absolute Gasteiger partial charge is 0.207 e. The highest BCUT2D eigenvalue weighted by molar-refractivity contribution is 6.30. The number of para-hydroxylation sites is 1. The van der Waals surface area contributed by atoms with E-state index in [4.69, 9.17) is 16.6 Å². The topological polar surface area (TPSA) is 54.0 Å². The fraction of sp³-hybridized carbons (Fsp3) is 0.238. The van der Waals surface area contributed by atoms with E-state index in [1.165, 1.54) is 0 Å². The van der Waals surface area contributed by atoms with Crippen LogP contribution in [-0.2, 0) is 10.3 Å². The Kier molecular flexibility index (Phi) is 4.51. The van der Waals surface area contributed by atoms with Crippen molar-refractivity contribution in [3.8, 4) is 0 Å². The number of fused-ring (bicyclic) bond motifs is 1. The van der Waals surface area contributed by atoms with Crippen LogP contribution in [0.3, 0.4) is 0 Å². The zero-order valence-electron chi connectivity index (χ0n) is 14.3. The molecule has 0 radical (unpaired) electrons. The maximum atomic E-state index is 11.3. The molecule has 0 unspecified atom stereocenters. The van der Waals surface area contributed by atoms with Crippen molar-refractivity contribution in [1.82, 2.24) is 10.3 Å². The third-order valence-corrected chi connectivity index (χ3v) is 5.39. The maximum Gasteiger partial charge on any atom is 0.207 e. The molecule has 1 heterocycles. The Labute approximate surface area is 157 Å². The number of nitrogens with one attached hydrogen (secondary N) is 2. The highest BCUT2D eigenvalue weighted by Crippen LogP contribution is 2.42. The van der Waals surface area contributed by atoms with Gasteiger partial charge in [0.1, 0.15) is 5.82 Å². The lowest BCUT2D eigenvalue weighted by Gasteiger charge is -2.30. The molecular formula is C21H20ClN3O. The standard InChI is InChI=1S/C21H20ClN3O/c22-15-7-9-16(10-8-15)24-20-13-18(17-5-1-2-6-19(17)25-20)21(23-14-26)11-3-4-12-21/h1-2,5-10,13-14H,3-4,11-12H2,(H,23,26)(H,24,25). The van der Waals surface area contributed by atoms with Gasteiger partial charge in [-0.15, -0.1) is 0 Å². The van der Waals surface area contributed by atoms with Crippen LogP contribution < -0.4 is 10.6 Å². The molecule has 3 aromatic rings. The molecule has 1 aromatic heterocycles. The Morgan fingerprint density at radius 2 is 1.77 bits per heavy atom. The molecule has 4 nitrogen and oxygen atoms in total. The molecule has 1 fully saturated rings. The van der Waals surface area contributed by atoms with Crippen LogP contribution in [0.2, 0.25) is 5.02 Å². The number of nitrogens with zero attached hydrogens (tertiary/aromatic N) is 1. The number of hydrogen-bond acceptors (Lipinski definition) is 3. The van der Waals surface area contributed by atoms with Crippen molar-refractivity contribution in [2.45, 2.75) is 31.2 Å². The molecule has 0 spiro atoms. The summed E-state index contributed by atoms with van der Waals surface area (Å²) >= 11 is 5.97. The molecule has 0 bridgehead atoms. The van der Waals surface area contributed by atoms with Crippen molar-refractivity contribution in [1.29, 1.82) is 0 Å². The monoisotopic (exact) mass is 365 g/mol. The summed E-state index contributed by atoms with van der Waals surface area (Å²) in [4.78, 5) is 16.1. The lowest BCUT2D eigenvalue weighted by atomic mass is 9.86. The van der Waals surface area contributed by atoms with E-state index in [9.17, 15) is 4.79 Å². The van der Waals surface area contributed by atoms with Gasteiger partial charge in [-0.1, -0.05) is 42.6 Å². The van der Waals surface area contributed by atoms with Crippen molar-refractivity contribution in [3.63, 3.8) is 0 Å². The van der Waals surface area contributed by atoms with E-state index in [0.29, 0.717) is 5.02 Å². The second kappa shape index (κ2) is 6.96. The lowest BCUT2D eigenvalue weighted by molar-refractivity contribution is -0.111. The van der Waals surface area contributed by atoms with Crippen LogP contribution in [0.25, 0.3) is 10.9 Å². The van der Waals surface area contributed by atoms with Crippen LogP contribution in [-0.4, -0.2) is 11.4 Å². The first kappa shape index (κ1) is 16.9. The number of benzene rings is 2. The Morgan fingerprint density at radius 1 is 1.04 bits per heavy atom. The minimum Gasteiger partial charge on any atom is -0.349 e. The number of halogens is 1. The van der Waals surface area contributed by atoms with Gasteiger partial charge in [0.05, 0.1) is 11.1 Å². The van der Waals surface area contributed by atoms with E-state index >= 15 is 0 Å². The molecule has 26 heavy (non-hydrogen) atoms. The van der Waals surface area contributed by atoms with Crippen LogP contribution in [0.5, 0.6) is 0 Å². The second-order valence-electron chi connectivity index (χ2n) is 6.76. The summed E-state index contributed by atoms with van der Waals surface area (Å²) in [6, 6.07) is 17.7. The van der Waals surface area contributed by atoms with Crippen LogP contribution in [0.15, 0.2) is 54.6 Å². The van der Waals surface area contributed by atoms with Gasteiger partial charge in [-0.05, 0) is 54.8 Å². The fourth-order valence-electron chi connectivity index (χ4n) is 3.90. The van der Waals surface area contributed by atoms with Crippen molar-refractivity contribution in [2.24, 2.45) is 0 Å². The minimum absolute atomic E-state index is 0.319. The molecule has 132 valence electrons.